The van der Waals surface area contributed by atoms with E-state index >= 15 is 0 Å². The highest BCUT2D eigenvalue weighted by Crippen LogP contribution is 2.23. The average Bonchev–Trinajstić information content (AvgIpc) is 1.94. The maximum absolute atomic E-state index is 10.1. The van der Waals surface area contributed by atoms with Crippen LogP contribution in [0.15, 0.2) is 0 Å². The van der Waals surface area contributed by atoms with Crippen molar-refractivity contribution in [2.24, 2.45) is 5.41 Å². The second-order valence-electron chi connectivity index (χ2n) is 3.62. The molecule has 0 radical (unpaired) electrons. The maximum atomic E-state index is 10.1. The molecule has 3 heteroatoms. The third kappa shape index (κ3) is 2.60. The Bertz CT molecular complexity index is 132. The van der Waals surface area contributed by atoms with Gasteiger partial charge < -0.3 is 14.3 Å². The lowest BCUT2D eigenvalue weighted by Crippen LogP contribution is -2.37. The number of carbonyl (C=O) groups excluding carboxylic acids is 1. The second-order valence-corrected chi connectivity index (χ2v) is 3.62. The predicted molar refractivity (Wildman–Crippen MR) is 40.2 cm³/mol. The highest BCUT2D eigenvalue weighted by molar-refractivity contribution is 5.49. The zero-order chi connectivity index (χ0) is 8.32. The van der Waals surface area contributed by atoms with Crippen LogP contribution >= 0.6 is 0 Å². The van der Waals surface area contributed by atoms with E-state index in [-0.39, 0.29) is 11.7 Å². The van der Waals surface area contributed by atoms with E-state index in [2.05, 4.69) is 13.8 Å². The first-order valence-electron chi connectivity index (χ1n) is 3.81. The van der Waals surface area contributed by atoms with Gasteiger partial charge in [0.05, 0.1) is 19.6 Å². The normalized spacial score (nSPS) is 24.9. The zero-order valence-corrected chi connectivity index (χ0v) is 7.00. The number of rotatable bonds is 2. The minimum atomic E-state index is -0.305. The van der Waals surface area contributed by atoms with Crippen LogP contribution < -0.4 is 0 Å². The molecule has 3 nitrogen and oxygen atoms in total. The van der Waals surface area contributed by atoms with Gasteiger partial charge in [-0.25, -0.2) is 0 Å². The first kappa shape index (κ1) is 8.68. The third-order valence-corrected chi connectivity index (χ3v) is 1.61. The van der Waals surface area contributed by atoms with E-state index in [1.165, 1.54) is 0 Å². The van der Waals surface area contributed by atoms with Crippen LogP contribution in [0.1, 0.15) is 20.3 Å². The summed E-state index contributed by atoms with van der Waals surface area (Å²) in [6.07, 6.45) is 0.861. The molecule has 64 valence electrons. The molecule has 0 amide bonds. The first-order chi connectivity index (χ1) is 5.14. The van der Waals surface area contributed by atoms with Gasteiger partial charge in [-0.15, -0.1) is 0 Å². The van der Waals surface area contributed by atoms with E-state index in [1.54, 1.807) is 0 Å². The summed E-state index contributed by atoms with van der Waals surface area (Å²) in [6.45, 7) is 5.49. The summed E-state index contributed by atoms with van der Waals surface area (Å²) < 4.78 is 10.6. The van der Waals surface area contributed by atoms with Crippen LogP contribution in [-0.2, 0) is 14.3 Å². The second kappa shape index (κ2) is 3.32. The molecule has 0 aromatic rings. The lowest BCUT2D eigenvalue weighted by Gasteiger charge is -2.33. The number of aldehydes is 1. The zero-order valence-electron chi connectivity index (χ0n) is 7.00. The van der Waals surface area contributed by atoms with Crippen LogP contribution in [0.25, 0.3) is 0 Å². The molecule has 1 aliphatic rings. The van der Waals surface area contributed by atoms with E-state index in [1.807, 2.05) is 0 Å². The summed E-state index contributed by atoms with van der Waals surface area (Å²) in [4.78, 5) is 10.1. The van der Waals surface area contributed by atoms with E-state index in [0.717, 1.165) is 6.29 Å². The van der Waals surface area contributed by atoms with Crippen molar-refractivity contribution >= 4 is 6.29 Å². The van der Waals surface area contributed by atoms with Gasteiger partial charge >= 0.3 is 0 Å². The van der Waals surface area contributed by atoms with Crippen molar-refractivity contribution in [2.75, 3.05) is 13.2 Å². The average molecular weight is 158 g/mol. The number of ether oxygens (including phenoxy) is 2. The highest BCUT2D eigenvalue weighted by Gasteiger charge is 2.27. The van der Waals surface area contributed by atoms with E-state index in [9.17, 15) is 4.79 Å². The fraction of sp³-hybridized carbons (Fsp3) is 0.875. The Hall–Kier alpha value is -0.410. The van der Waals surface area contributed by atoms with Crippen molar-refractivity contribution in [3.05, 3.63) is 0 Å². The van der Waals surface area contributed by atoms with Crippen LogP contribution in [0.3, 0.4) is 0 Å². The monoisotopic (exact) mass is 158 g/mol. The van der Waals surface area contributed by atoms with Crippen molar-refractivity contribution in [1.29, 1.82) is 0 Å². The Morgan fingerprint density at radius 1 is 1.45 bits per heavy atom. The van der Waals surface area contributed by atoms with Crippen molar-refractivity contribution in [3.63, 3.8) is 0 Å². The third-order valence-electron chi connectivity index (χ3n) is 1.61. The molecule has 0 spiro atoms. The molecule has 1 heterocycles. The molecule has 1 saturated heterocycles. The number of hydrogen-bond acceptors (Lipinski definition) is 3. The smallest absolute Gasteiger partial charge is 0.164 e. The number of hydrogen-bond donors (Lipinski definition) is 0. The van der Waals surface area contributed by atoms with Crippen LogP contribution in [0.4, 0.5) is 0 Å². The van der Waals surface area contributed by atoms with Crippen molar-refractivity contribution < 1.29 is 14.3 Å². The van der Waals surface area contributed by atoms with Crippen molar-refractivity contribution in [2.45, 2.75) is 26.6 Å². The molecular formula is C8H14O3. The van der Waals surface area contributed by atoms with E-state index < -0.39 is 0 Å². The summed E-state index contributed by atoms with van der Waals surface area (Å²) in [6, 6.07) is 0. The Kier molecular flexibility index (Phi) is 2.62. The Morgan fingerprint density at radius 3 is 2.45 bits per heavy atom. The summed E-state index contributed by atoms with van der Waals surface area (Å²) in [7, 11) is 0. The number of carbonyl (C=O) groups is 1. The van der Waals surface area contributed by atoms with E-state index in [4.69, 9.17) is 9.47 Å². The molecule has 0 N–H and O–H groups in total. The van der Waals surface area contributed by atoms with Crippen LogP contribution in [-0.4, -0.2) is 25.8 Å². The van der Waals surface area contributed by atoms with Crippen molar-refractivity contribution in [1.82, 2.24) is 0 Å². The minimum absolute atomic E-state index is 0.0966. The van der Waals surface area contributed by atoms with E-state index in [0.29, 0.717) is 19.6 Å². The Balaban J connectivity index is 2.30. The SMILES string of the molecule is CC1(C)COC(CC=O)OC1. The minimum Gasteiger partial charge on any atom is -0.352 e. The molecule has 11 heavy (non-hydrogen) atoms. The fourth-order valence-corrected chi connectivity index (χ4v) is 0.942. The van der Waals surface area contributed by atoms with Gasteiger partial charge in [0.15, 0.2) is 6.29 Å². The lowest BCUT2D eigenvalue weighted by molar-refractivity contribution is -0.220. The quantitative estimate of drug-likeness (QED) is 0.562. The summed E-state index contributed by atoms with van der Waals surface area (Å²) in [5.74, 6) is 0. The molecule has 1 aliphatic heterocycles. The van der Waals surface area contributed by atoms with Gasteiger partial charge in [0.1, 0.15) is 6.29 Å². The summed E-state index contributed by atoms with van der Waals surface area (Å²) in [5, 5.41) is 0. The standard InChI is InChI=1S/C8H14O3/c1-8(2)5-10-7(3-4-9)11-6-8/h4,7H,3,5-6H2,1-2H3. The molecule has 0 saturated carbocycles. The molecule has 0 aliphatic carbocycles. The molecule has 0 bridgehead atoms. The van der Waals surface area contributed by atoms with Gasteiger partial charge in [-0.3, -0.25) is 0 Å². The first-order valence-corrected chi connectivity index (χ1v) is 3.81. The highest BCUT2D eigenvalue weighted by atomic mass is 16.7. The van der Waals surface area contributed by atoms with Gasteiger partial charge in [-0.2, -0.15) is 0 Å². The Labute approximate surface area is 66.7 Å². The molecular weight excluding hydrogens is 144 g/mol. The molecule has 0 atom stereocenters. The molecule has 0 aromatic heterocycles. The van der Waals surface area contributed by atoms with Crippen LogP contribution in [0.5, 0.6) is 0 Å². The fourth-order valence-electron chi connectivity index (χ4n) is 0.942. The van der Waals surface area contributed by atoms with Gasteiger partial charge in [0.2, 0.25) is 0 Å². The molecule has 1 rings (SSSR count). The van der Waals surface area contributed by atoms with Crippen LogP contribution in [0.2, 0.25) is 0 Å². The van der Waals surface area contributed by atoms with Gasteiger partial charge in [0.25, 0.3) is 0 Å². The molecule has 0 unspecified atom stereocenters. The molecule has 1 fully saturated rings. The van der Waals surface area contributed by atoms with Gasteiger partial charge in [0, 0.05) is 5.41 Å². The summed E-state index contributed by atoms with van der Waals surface area (Å²) >= 11 is 0. The maximum Gasteiger partial charge on any atom is 0.164 e. The van der Waals surface area contributed by atoms with Crippen LogP contribution in [0, 0.1) is 5.41 Å². The van der Waals surface area contributed by atoms with Gasteiger partial charge in [-0.05, 0) is 0 Å². The van der Waals surface area contributed by atoms with Gasteiger partial charge in [-0.1, -0.05) is 13.8 Å². The summed E-state index contributed by atoms with van der Waals surface area (Å²) in [5.41, 5.74) is 0.0966. The lowest BCUT2D eigenvalue weighted by atomic mass is 9.95. The van der Waals surface area contributed by atoms with Crippen molar-refractivity contribution in [3.8, 4) is 0 Å². The Morgan fingerprint density at radius 2 is 2.00 bits per heavy atom. The molecule has 0 aromatic carbocycles. The largest absolute Gasteiger partial charge is 0.352 e. The topological polar surface area (TPSA) is 35.5 Å². The predicted octanol–water partition coefficient (Wildman–Crippen LogP) is 0.975.